The lowest BCUT2D eigenvalue weighted by atomic mass is 10.0. The van der Waals surface area contributed by atoms with Crippen LogP contribution in [0.15, 0.2) is 66.7 Å². The Balaban J connectivity index is 1.32. The molecule has 0 unspecified atom stereocenters. The SMILES string of the molecule is O=C(Cc1cccc2ccccc12)NC(=S)Nc1ccc(C(=O)N2CCCCCC2)cc1. The van der Waals surface area contributed by atoms with Crippen molar-refractivity contribution in [1.29, 1.82) is 0 Å². The molecule has 1 saturated heterocycles. The van der Waals surface area contributed by atoms with E-state index in [2.05, 4.69) is 10.6 Å². The molecule has 0 bridgehead atoms. The van der Waals surface area contributed by atoms with Crippen molar-refractivity contribution in [2.75, 3.05) is 18.4 Å². The normalized spacial score (nSPS) is 13.9. The minimum atomic E-state index is -0.174. The van der Waals surface area contributed by atoms with Crippen molar-refractivity contribution in [2.45, 2.75) is 32.1 Å². The van der Waals surface area contributed by atoms with E-state index in [0.29, 0.717) is 5.56 Å². The summed E-state index contributed by atoms with van der Waals surface area (Å²) in [6.45, 7) is 1.65. The molecule has 0 spiro atoms. The van der Waals surface area contributed by atoms with E-state index in [9.17, 15) is 9.59 Å². The second-order valence-electron chi connectivity index (χ2n) is 8.10. The lowest BCUT2D eigenvalue weighted by Gasteiger charge is -2.20. The van der Waals surface area contributed by atoms with E-state index in [1.54, 1.807) is 12.1 Å². The van der Waals surface area contributed by atoms with Crippen LogP contribution in [0.2, 0.25) is 0 Å². The summed E-state index contributed by atoms with van der Waals surface area (Å²) >= 11 is 5.31. The van der Waals surface area contributed by atoms with Gasteiger partial charge in [-0.15, -0.1) is 0 Å². The summed E-state index contributed by atoms with van der Waals surface area (Å²) in [4.78, 5) is 27.2. The summed E-state index contributed by atoms with van der Waals surface area (Å²) in [6.07, 6.45) is 4.76. The molecular formula is C26H27N3O2S. The maximum absolute atomic E-state index is 12.7. The number of anilines is 1. The van der Waals surface area contributed by atoms with Crippen LogP contribution in [-0.2, 0) is 11.2 Å². The number of thiocarbonyl (C=S) groups is 1. The second kappa shape index (κ2) is 10.4. The van der Waals surface area contributed by atoms with E-state index in [0.717, 1.165) is 48.0 Å². The van der Waals surface area contributed by atoms with Gasteiger partial charge in [0.2, 0.25) is 5.91 Å². The number of fused-ring (bicyclic) bond motifs is 1. The first-order valence-electron chi connectivity index (χ1n) is 11.1. The number of rotatable bonds is 4. The van der Waals surface area contributed by atoms with Gasteiger partial charge in [-0.1, -0.05) is 55.3 Å². The highest BCUT2D eigenvalue weighted by molar-refractivity contribution is 7.80. The van der Waals surface area contributed by atoms with Crippen molar-refractivity contribution < 1.29 is 9.59 Å². The minimum Gasteiger partial charge on any atom is -0.339 e. The van der Waals surface area contributed by atoms with Crippen molar-refractivity contribution in [3.05, 3.63) is 77.9 Å². The highest BCUT2D eigenvalue weighted by Crippen LogP contribution is 2.19. The average molecular weight is 446 g/mol. The molecule has 0 aliphatic carbocycles. The Morgan fingerprint density at radius 2 is 1.53 bits per heavy atom. The van der Waals surface area contributed by atoms with Gasteiger partial charge in [0, 0.05) is 24.3 Å². The first-order chi connectivity index (χ1) is 15.6. The Morgan fingerprint density at radius 3 is 2.28 bits per heavy atom. The van der Waals surface area contributed by atoms with Crippen LogP contribution < -0.4 is 10.6 Å². The van der Waals surface area contributed by atoms with Crippen LogP contribution >= 0.6 is 12.2 Å². The number of amides is 2. The van der Waals surface area contributed by atoms with Gasteiger partial charge in [0.05, 0.1) is 6.42 Å². The second-order valence-corrected chi connectivity index (χ2v) is 8.51. The Kier molecular flexibility index (Phi) is 7.12. The molecule has 2 N–H and O–H groups in total. The number of carbonyl (C=O) groups excluding carboxylic acids is 2. The van der Waals surface area contributed by atoms with E-state index in [1.165, 1.54) is 12.8 Å². The van der Waals surface area contributed by atoms with Gasteiger partial charge >= 0.3 is 0 Å². The third kappa shape index (κ3) is 5.51. The highest BCUT2D eigenvalue weighted by atomic mass is 32.1. The molecular weight excluding hydrogens is 418 g/mol. The third-order valence-corrected chi connectivity index (χ3v) is 5.97. The number of nitrogens with one attached hydrogen (secondary N) is 2. The first kappa shape index (κ1) is 22.0. The highest BCUT2D eigenvalue weighted by Gasteiger charge is 2.17. The van der Waals surface area contributed by atoms with Crippen LogP contribution in [0.1, 0.15) is 41.6 Å². The lowest BCUT2D eigenvalue weighted by Crippen LogP contribution is -2.35. The predicted molar refractivity (Wildman–Crippen MR) is 133 cm³/mol. The Labute approximate surface area is 193 Å². The Morgan fingerprint density at radius 1 is 0.844 bits per heavy atom. The fraction of sp³-hybridized carbons (Fsp3) is 0.269. The maximum atomic E-state index is 12.7. The monoisotopic (exact) mass is 445 g/mol. The number of likely N-dealkylation sites (tertiary alicyclic amines) is 1. The van der Waals surface area contributed by atoms with Gasteiger partial charge in [0.25, 0.3) is 5.91 Å². The van der Waals surface area contributed by atoms with E-state index < -0.39 is 0 Å². The number of carbonyl (C=O) groups is 2. The van der Waals surface area contributed by atoms with E-state index in [4.69, 9.17) is 12.2 Å². The first-order valence-corrected chi connectivity index (χ1v) is 11.5. The third-order valence-electron chi connectivity index (χ3n) is 5.77. The van der Waals surface area contributed by atoms with Gasteiger partial charge in [-0.3, -0.25) is 9.59 Å². The van der Waals surface area contributed by atoms with Crippen LogP contribution in [0.3, 0.4) is 0 Å². The predicted octanol–water partition coefficient (Wildman–Crippen LogP) is 4.91. The Hall–Kier alpha value is -3.25. The number of benzene rings is 3. The molecule has 5 nitrogen and oxygen atoms in total. The summed E-state index contributed by atoms with van der Waals surface area (Å²) < 4.78 is 0. The molecule has 0 aromatic heterocycles. The summed E-state index contributed by atoms with van der Waals surface area (Å²) in [6, 6.07) is 21.2. The van der Waals surface area contributed by atoms with Crippen molar-refractivity contribution >= 4 is 45.6 Å². The molecule has 32 heavy (non-hydrogen) atoms. The lowest BCUT2D eigenvalue weighted by molar-refractivity contribution is -0.119. The molecule has 4 rings (SSSR count). The van der Waals surface area contributed by atoms with Crippen LogP contribution in [0, 0.1) is 0 Å². The Bertz CT molecular complexity index is 1110. The zero-order valence-electron chi connectivity index (χ0n) is 18.0. The molecule has 1 heterocycles. The summed E-state index contributed by atoms with van der Waals surface area (Å²) in [5.41, 5.74) is 2.36. The van der Waals surface area contributed by atoms with Gasteiger partial charge < -0.3 is 15.5 Å². The minimum absolute atomic E-state index is 0.0735. The molecule has 2 amide bonds. The molecule has 164 valence electrons. The summed E-state index contributed by atoms with van der Waals surface area (Å²) in [5, 5.41) is 8.18. The fourth-order valence-electron chi connectivity index (χ4n) is 4.11. The average Bonchev–Trinajstić information content (AvgIpc) is 3.09. The quantitative estimate of drug-likeness (QED) is 0.560. The number of hydrogen-bond donors (Lipinski definition) is 2. The standard InChI is InChI=1S/C26H27N3O2S/c30-24(18-21-10-7-9-19-8-3-4-11-23(19)21)28-26(32)27-22-14-12-20(13-15-22)25(31)29-16-5-1-2-6-17-29/h3-4,7-15H,1-2,5-6,16-18H2,(H2,27,28,30,32). The van der Waals surface area contributed by atoms with Gasteiger partial charge in [-0.25, -0.2) is 0 Å². The smallest absolute Gasteiger partial charge is 0.253 e. The van der Waals surface area contributed by atoms with Crippen molar-refractivity contribution in [2.24, 2.45) is 0 Å². The fourth-order valence-corrected chi connectivity index (χ4v) is 4.34. The van der Waals surface area contributed by atoms with Gasteiger partial charge in [-0.05, 0) is 65.7 Å². The topological polar surface area (TPSA) is 61.4 Å². The molecule has 6 heteroatoms. The van der Waals surface area contributed by atoms with Crippen LogP contribution in [0.4, 0.5) is 5.69 Å². The van der Waals surface area contributed by atoms with Gasteiger partial charge in [-0.2, -0.15) is 0 Å². The van der Waals surface area contributed by atoms with E-state index >= 15 is 0 Å². The molecule has 1 fully saturated rings. The maximum Gasteiger partial charge on any atom is 0.253 e. The van der Waals surface area contributed by atoms with E-state index in [-0.39, 0.29) is 23.3 Å². The molecule has 3 aromatic rings. The summed E-state index contributed by atoms with van der Waals surface area (Å²) in [5.74, 6) is -0.101. The van der Waals surface area contributed by atoms with Gasteiger partial charge in [0.1, 0.15) is 0 Å². The van der Waals surface area contributed by atoms with Gasteiger partial charge in [0.15, 0.2) is 5.11 Å². The van der Waals surface area contributed by atoms with Crippen LogP contribution in [0.25, 0.3) is 10.8 Å². The van der Waals surface area contributed by atoms with Crippen molar-refractivity contribution in [1.82, 2.24) is 10.2 Å². The molecule has 0 atom stereocenters. The van der Waals surface area contributed by atoms with Crippen molar-refractivity contribution in [3.63, 3.8) is 0 Å². The molecule has 1 aliphatic heterocycles. The largest absolute Gasteiger partial charge is 0.339 e. The zero-order chi connectivity index (χ0) is 22.3. The number of nitrogens with zero attached hydrogens (tertiary/aromatic N) is 1. The summed E-state index contributed by atoms with van der Waals surface area (Å²) in [7, 11) is 0. The van der Waals surface area contributed by atoms with Crippen molar-refractivity contribution in [3.8, 4) is 0 Å². The molecule has 3 aromatic carbocycles. The molecule has 0 saturated carbocycles. The molecule has 0 radical (unpaired) electrons. The van der Waals surface area contributed by atoms with Crippen LogP contribution in [-0.4, -0.2) is 34.9 Å². The van der Waals surface area contributed by atoms with Crippen LogP contribution in [0.5, 0.6) is 0 Å². The zero-order valence-corrected chi connectivity index (χ0v) is 18.8. The molecule has 1 aliphatic rings. The van der Waals surface area contributed by atoms with E-state index in [1.807, 2.05) is 59.5 Å². The number of hydrogen-bond acceptors (Lipinski definition) is 3.